The predicted octanol–water partition coefficient (Wildman–Crippen LogP) is 1.41. The minimum atomic E-state index is -0.101. The number of ether oxygens (including phenoxy) is 2. The molecule has 2 fully saturated rings. The average Bonchev–Trinajstić information content (AvgIpc) is 2.72. The Morgan fingerprint density at radius 1 is 1.21 bits per heavy atom. The molecule has 0 aromatic rings. The molecule has 1 unspecified atom stereocenters. The highest BCUT2D eigenvalue weighted by Crippen LogP contribution is 2.37. The number of hydrogen-bond donors (Lipinski definition) is 0. The molecule has 2 rings (SSSR count). The van der Waals surface area contributed by atoms with Crippen molar-refractivity contribution >= 4 is 6.29 Å². The molecule has 3 nitrogen and oxygen atoms in total. The molecule has 2 saturated heterocycles. The van der Waals surface area contributed by atoms with Crippen LogP contribution in [0.3, 0.4) is 0 Å². The molecule has 14 heavy (non-hydrogen) atoms. The molecule has 0 N–H and O–H groups in total. The van der Waals surface area contributed by atoms with E-state index in [1.165, 1.54) is 0 Å². The van der Waals surface area contributed by atoms with Crippen molar-refractivity contribution < 1.29 is 14.3 Å². The van der Waals surface area contributed by atoms with Crippen LogP contribution in [0.1, 0.15) is 25.7 Å². The second-order valence-corrected chi connectivity index (χ2v) is 4.53. The van der Waals surface area contributed by atoms with Crippen LogP contribution in [0, 0.1) is 11.3 Å². The SMILES string of the molecule is O=CC1(CC2CCOC2)CCOCC1. The van der Waals surface area contributed by atoms with Crippen molar-refractivity contribution in [3.63, 3.8) is 0 Å². The molecule has 2 aliphatic rings. The topological polar surface area (TPSA) is 35.5 Å². The van der Waals surface area contributed by atoms with Crippen molar-refractivity contribution in [1.82, 2.24) is 0 Å². The Balaban J connectivity index is 1.92. The fourth-order valence-corrected chi connectivity index (χ4v) is 2.47. The van der Waals surface area contributed by atoms with Gasteiger partial charge >= 0.3 is 0 Å². The van der Waals surface area contributed by atoms with Crippen LogP contribution in [-0.4, -0.2) is 32.7 Å². The first-order valence-electron chi connectivity index (χ1n) is 5.46. The zero-order valence-electron chi connectivity index (χ0n) is 8.54. The summed E-state index contributed by atoms with van der Waals surface area (Å²) in [5.74, 6) is 0.596. The minimum Gasteiger partial charge on any atom is -0.381 e. The van der Waals surface area contributed by atoms with Gasteiger partial charge in [0.15, 0.2) is 0 Å². The monoisotopic (exact) mass is 198 g/mol. The summed E-state index contributed by atoms with van der Waals surface area (Å²) in [6.07, 6.45) is 5.07. The zero-order chi connectivity index (χ0) is 9.86. The van der Waals surface area contributed by atoms with Crippen LogP contribution in [0.25, 0.3) is 0 Å². The van der Waals surface area contributed by atoms with Gasteiger partial charge in [-0.05, 0) is 31.6 Å². The van der Waals surface area contributed by atoms with E-state index in [-0.39, 0.29) is 5.41 Å². The van der Waals surface area contributed by atoms with Gasteiger partial charge in [-0.15, -0.1) is 0 Å². The van der Waals surface area contributed by atoms with Crippen LogP contribution in [0.4, 0.5) is 0 Å². The summed E-state index contributed by atoms with van der Waals surface area (Å²) < 4.78 is 10.6. The number of carbonyl (C=O) groups excluding carboxylic acids is 1. The second-order valence-electron chi connectivity index (χ2n) is 4.53. The van der Waals surface area contributed by atoms with Gasteiger partial charge in [0, 0.05) is 31.8 Å². The van der Waals surface area contributed by atoms with Crippen LogP contribution >= 0.6 is 0 Å². The quantitative estimate of drug-likeness (QED) is 0.643. The molecular formula is C11H18O3. The molecule has 0 aliphatic carbocycles. The van der Waals surface area contributed by atoms with Crippen LogP contribution in [0.5, 0.6) is 0 Å². The van der Waals surface area contributed by atoms with E-state index in [4.69, 9.17) is 9.47 Å². The lowest BCUT2D eigenvalue weighted by molar-refractivity contribution is -0.122. The first-order chi connectivity index (χ1) is 6.85. The van der Waals surface area contributed by atoms with Crippen LogP contribution in [0.2, 0.25) is 0 Å². The van der Waals surface area contributed by atoms with E-state index >= 15 is 0 Å². The van der Waals surface area contributed by atoms with Gasteiger partial charge in [-0.3, -0.25) is 0 Å². The lowest BCUT2D eigenvalue weighted by Crippen LogP contribution is -2.33. The van der Waals surface area contributed by atoms with Gasteiger partial charge in [0.1, 0.15) is 6.29 Å². The molecular weight excluding hydrogens is 180 g/mol. The number of rotatable bonds is 3. The Kier molecular flexibility index (Phi) is 3.19. The molecule has 0 spiro atoms. The largest absolute Gasteiger partial charge is 0.381 e. The third-order valence-electron chi connectivity index (χ3n) is 3.46. The predicted molar refractivity (Wildman–Crippen MR) is 52.1 cm³/mol. The average molecular weight is 198 g/mol. The summed E-state index contributed by atoms with van der Waals surface area (Å²) in [5.41, 5.74) is -0.101. The molecule has 0 radical (unpaired) electrons. The summed E-state index contributed by atoms with van der Waals surface area (Å²) in [6, 6.07) is 0. The minimum absolute atomic E-state index is 0.101. The maximum absolute atomic E-state index is 11.2. The lowest BCUT2D eigenvalue weighted by Gasteiger charge is -2.33. The Hall–Kier alpha value is -0.410. The molecule has 0 aromatic carbocycles. The summed E-state index contributed by atoms with van der Waals surface area (Å²) in [6.45, 7) is 3.20. The normalized spacial score (nSPS) is 31.6. The fourth-order valence-electron chi connectivity index (χ4n) is 2.47. The number of hydrogen-bond acceptors (Lipinski definition) is 3. The van der Waals surface area contributed by atoms with Gasteiger partial charge in [-0.2, -0.15) is 0 Å². The number of carbonyl (C=O) groups is 1. The maximum atomic E-state index is 11.2. The van der Waals surface area contributed by atoms with Gasteiger partial charge in [-0.1, -0.05) is 0 Å². The molecule has 2 heterocycles. The molecule has 0 amide bonds. The van der Waals surface area contributed by atoms with Crippen molar-refractivity contribution in [1.29, 1.82) is 0 Å². The van der Waals surface area contributed by atoms with Crippen LogP contribution in [0.15, 0.2) is 0 Å². The Morgan fingerprint density at radius 3 is 2.57 bits per heavy atom. The third kappa shape index (κ3) is 2.15. The first kappa shape index (κ1) is 10.1. The summed E-state index contributed by atoms with van der Waals surface area (Å²) in [5, 5.41) is 0. The van der Waals surface area contributed by atoms with E-state index in [0.717, 1.165) is 58.4 Å². The highest BCUT2D eigenvalue weighted by molar-refractivity contribution is 5.59. The second kappa shape index (κ2) is 4.41. The van der Waals surface area contributed by atoms with Crippen molar-refractivity contribution in [3.8, 4) is 0 Å². The van der Waals surface area contributed by atoms with Gasteiger partial charge in [0.25, 0.3) is 0 Å². The molecule has 3 heteroatoms. The molecule has 0 bridgehead atoms. The standard InChI is InChI=1S/C11H18O3/c12-9-11(2-5-13-6-3-11)7-10-1-4-14-8-10/h9-10H,1-8H2. The van der Waals surface area contributed by atoms with E-state index in [9.17, 15) is 4.79 Å². The molecule has 0 aromatic heterocycles. The number of aldehydes is 1. The molecule has 1 atom stereocenters. The lowest BCUT2D eigenvalue weighted by atomic mass is 9.74. The Morgan fingerprint density at radius 2 is 2.00 bits per heavy atom. The van der Waals surface area contributed by atoms with Crippen molar-refractivity contribution in [3.05, 3.63) is 0 Å². The fraction of sp³-hybridized carbons (Fsp3) is 0.909. The van der Waals surface area contributed by atoms with Crippen LogP contribution in [-0.2, 0) is 14.3 Å². The smallest absolute Gasteiger partial charge is 0.126 e. The zero-order valence-corrected chi connectivity index (χ0v) is 8.54. The van der Waals surface area contributed by atoms with Crippen molar-refractivity contribution in [2.24, 2.45) is 11.3 Å². The molecule has 0 saturated carbocycles. The van der Waals surface area contributed by atoms with Gasteiger partial charge < -0.3 is 14.3 Å². The molecule has 2 aliphatic heterocycles. The maximum Gasteiger partial charge on any atom is 0.126 e. The van der Waals surface area contributed by atoms with Gasteiger partial charge in [0.05, 0.1) is 0 Å². The summed E-state index contributed by atoms with van der Waals surface area (Å²) in [4.78, 5) is 11.2. The van der Waals surface area contributed by atoms with Gasteiger partial charge in [0.2, 0.25) is 0 Å². The van der Waals surface area contributed by atoms with Gasteiger partial charge in [-0.25, -0.2) is 0 Å². The third-order valence-corrected chi connectivity index (χ3v) is 3.46. The summed E-state index contributed by atoms with van der Waals surface area (Å²) >= 11 is 0. The molecule has 80 valence electrons. The first-order valence-corrected chi connectivity index (χ1v) is 5.46. The van der Waals surface area contributed by atoms with E-state index in [0.29, 0.717) is 5.92 Å². The van der Waals surface area contributed by atoms with E-state index in [2.05, 4.69) is 0 Å². The summed E-state index contributed by atoms with van der Waals surface area (Å²) in [7, 11) is 0. The highest BCUT2D eigenvalue weighted by atomic mass is 16.5. The van der Waals surface area contributed by atoms with Crippen molar-refractivity contribution in [2.45, 2.75) is 25.7 Å². The van der Waals surface area contributed by atoms with E-state index in [1.807, 2.05) is 0 Å². The highest BCUT2D eigenvalue weighted by Gasteiger charge is 2.35. The van der Waals surface area contributed by atoms with E-state index < -0.39 is 0 Å². The van der Waals surface area contributed by atoms with Crippen molar-refractivity contribution in [2.75, 3.05) is 26.4 Å². The van der Waals surface area contributed by atoms with Crippen LogP contribution < -0.4 is 0 Å². The Labute approximate surface area is 84.8 Å². The Bertz CT molecular complexity index is 191. The van der Waals surface area contributed by atoms with E-state index in [1.54, 1.807) is 0 Å².